The third kappa shape index (κ3) is 3.38. The molecule has 0 aromatic heterocycles. The number of benzene rings is 1. The Balaban J connectivity index is 1.99. The second-order valence-electron chi connectivity index (χ2n) is 5.97. The number of amides is 1. The number of nitrogens with zero attached hydrogens (tertiary/aromatic N) is 1. The molecular weight excluding hydrogens is 250 g/mol. The van der Waals surface area contributed by atoms with E-state index < -0.39 is 0 Å². The van der Waals surface area contributed by atoms with Gasteiger partial charge in [0.1, 0.15) is 0 Å². The average Bonchev–Trinajstić information content (AvgIpc) is 3.08. The minimum atomic E-state index is -0.288. The molecule has 1 aliphatic carbocycles. The van der Waals surface area contributed by atoms with Crippen molar-refractivity contribution in [2.45, 2.75) is 44.6 Å². The van der Waals surface area contributed by atoms with Crippen LogP contribution >= 0.6 is 0 Å². The van der Waals surface area contributed by atoms with E-state index in [9.17, 15) is 4.79 Å². The van der Waals surface area contributed by atoms with Crippen LogP contribution in [-0.4, -0.2) is 17.3 Å². The number of hydrogen-bond donors (Lipinski definition) is 2. The van der Waals surface area contributed by atoms with Crippen LogP contribution < -0.4 is 11.5 Å². The summed E-state index contributed by atoms with van der Waals surface area (Å²) in [4.78, 5) is 15.5. The van der Waals surface area contributed by atoms with Gasteiger partial charge in [-0.05, 0) is 25.3 Å². The fraction of sp³-hybridized carbons (Fsp3) is 0.500. The predicted molar refractivity (Wildman–Crippen MR) is 81.4 cm³/mol. The van der Waals surface area contributed by atoms with Crippen molar-refractivity contribution in [3.8, 4) is 0 Å². The van der Waals surface area contributed by atoms with Gasteiger partial charge in [-0.25, -0.2) is 0 Å². The summed E-state index contributed by atoms with van der Waals surface area (Å²) in [5, 5.41) is 0. The van der Waals surface area contributed by atoms with Crippen LogP contribution in [0.15, 0.2) is 35.3 Å². The molecule has 1 aromatic carbocycles. The van der Waals surface area contributed by atoms with Crippen molar-refractivity contribution in [2.75, 3.05) is 0 Å². The smallest absolute Gasteiger partial charge is 0.217 e. The molecule has 108 valence electrons. The Kier molecular flexibility index (Phi) is 4.12. The van der Waals surface area contributed by atoms with Crippen molar-refractivity contribution in [3.05, 3.63) is 35.9 Å². The molecule has 2 rings (SSSR count). The van der Waals surface area contributed by atoms with Gasteiger partial charge in [0.25, 0.3) is 0 Å². The normalized spacial score (nSPS) is 27.1. The molecule has 1 unspecified atom stereocenters. The molecule has 20 heavy (non-hydrogen) atoms. The van der Waals surface area contributed by atoms with Gasteiger partial charge in [-0.15, -0.1) is 0 Å². The molecule has 1 amide bonds. The summed E-state index contributed by atoms with van der Waals surface area (Å²) >= 11 is 0. The fourth-order valence-corrected chi connectivity index (χ4v) is 2.55. The highest BCUT2D eigenvalue weighted by Crippen LogP contribution is 2.54. The molecule has 0 spiro atoms. The fourth-order valence-electron chi connectivity index (χ4n) is 2.55. The van der Waals surface area contributed by atoms with E-state index in [1.165, 1.54) is 5.56 Å². The van der Waals surface area contributed by atoms with E-state index in [1.54, 1.807) is 0 Å². The van der Waals surface area contributed by atoms with Gasteiger partial charge < -0.3 is 11.5 Å². The Morgan fingerprint density at radius 2 is 2.05 bits per heavy atom. The minimum absolute atomic E-state index is 0.0909. The molecule has 4 heteroatoms. The number of primary amides is 1. The standard InChI is InChI=1S/C16H23N3O/c1-11(8-9-14(17)20)15(18)19-16(2)10-13(16)12-6-4-3-5-7-12/h3-7,11,13H,8-10H2,1-2H3,(H2,17,20)(H2,18,19)/t11-,13+,16?/m0/s1. The number of nitrogens with two attached hydrogens (primary N) is 2. The Morgan fingerprint density at radius 1 is 1.40 bits per heavy atom. The van der Waals surface area contributed by atoms with Crippen LogP contribution in [0.3, 0.4) is 0 Å². The van der Waals surface area contributed by atoms with Crippen molar-refractivity contribution in [1.82, 2.24) is 0 Å². The monoisotopic (exact) mass is 273 g/mol. The topological polar surface area (TPSA) is 81.5 Å². The maximum atomic E-state index is 10.8. The quantitative estimate of drug-likeness (QED) is 0.615. The van der Waals surface area contributed by atoms with Gasteiger partial charge in [0.05, 0.1) is 11.4 Å². The van der Waals surface area contributed by atoms with E-state index in [0.717, 1.165) is 6.42 Å². The Labute approximate surface area is 120 Å². The Hall–Kier alpha value is -1.84. The van der Waals surface area contributed by atoms with E-state index in [0.29, 0.717) is 24.6 Å². The zero-order chi connectivity index (χ0) is 14.8. The first-order valence-electron chi connectivity index (χ1n) is 7.11. The number of amidine groups is 1. The zero-order valence-electron chi connectivity index (χ0n) is 12.2. The maximum absolute atomic E-state index is 10.8. The number of hydrogen-bond acceptors (Lipinski definition) is 2. The first-order chi connectivity index (χ1) is 9.42. The molecule has 4 N–H and O–H groups in total. The van der Waals surface area contributed by atoms with Crippen LogP contribution in [0.4, 0.5) is 0 Å². The highest BCUT2D eigenvalue weighted by atomic mass is 16.1. The van der Waals surface area contributed by atoms with Crippen LogP contribution in [-0.2, 0) is 4.79 Å². The van der Waals surface area contributed by atoms with Crippen molar-refractivity contribution in [1.29, 1.82) is 0 Å². The van der Waals surface area contributed by atoms with Gasteiger partial charge >= 0.3 is 0 Å². The minimum Gasteiger partial charge on any atom is -0.387 e. The van der Waals surface area contributed by atoms with Crippen LogP contribution in [0.2, 0.25) is 0 Å². The molecule has 1 aliphatic rings. The molecule has 1 aromatic rings. The van der Waals surface area contributed by atoms with Gasteiger partial charge in [0.2, 0.25) is 5.91 Å². The van der Waals surface area contributed by atoms with Crippen LogP contribution in [0.1, 0.15) is 44.6 Å². The van der Waals surface area contributed by atoms with E-state index in [-0.39, 0.29) is 17.4 Å². The molecule has 0 heterocycles. The predicted octanol–water partition coefficient (Wildman–Crippen LogP) is 2.19. The van der Waals surface area contributed by atoms with Crippen LogP contribution in [0.5, 0.6) is 0 Å². The summed E-state index contributed by atoms with van der Waals surface area (Å²) < 4.78 is 0. The summed E-state index contributed by atoms with van der Waals surface area (Å²) in [6, 6.07) is 10.4. The molecule has 3 atom stereocenters. The Morgan fingerprint density at radius 3 is 2.65 bits per heavy atom. The lowest BCUT2D eigenvalue weighted by molar-refractivity contribution is -0.118. The molecule has 4 nitrogen and oxygen atoms in total. The van der Waals surface area contributed by atoms with E-state index in [2.05, 4.69) is 31.2 Å². The number of carbonyl (C=O) groups excluding carboxylic acids is 1. The molecule has 0 radical (unpaired) electrons. The summed E-state index contributed by atoms with van der Waals surface area (Å²) in [6.45, 7) is 4.13. The molecule has 0 bridgehead atoms. The van der Waals surface area contributed by atoms with E-state index in [4.69, 9.17) is 16.5 Å². The van der Waals surface area contributed by atoms with Crippen LogP contribution in [0.25, 0.3) is 0 Å². The molecule has 0 aliphatic heterocycles. The first-order valence-corrected chi connectivity index (χ1v) is 7.11. The SMILES string of the molecule is C[C@@H](CCC(N)=O)C(N)=NC1(C)C[C@@H]1c1ccccc1. The number of aliphatic imine (C=N–C) groups is 1. The van der Waals surface area contributed by atoms with E-state index in [1.807, 2.05) is 13.0 Å². The van der Waals surface area contributed by atoms with E-state index >= 15 is 0 Å². The maximum Gasteiger partial charge on any atom is 0.217 e. The third-order valence-corrected chi connectivity index (χ3v) is 4.12. The lowest BCUT2D eigenvalue weighted by atomic mass is 10.0. The number of rotatable bonds is 6. The number of carbonyl (C=O) groups is 1. The molecule has 0 saturated heterocycles. The molecular formula is C16H23N3O. The van der Waals surface area contributed by atoms with Gasteiger partial charge in [0, 0.05) is 18.3 Å². The second kappa shape index (κ2) is 5.65. The zero-order valence-corrected chi connectivity index (χ0v) is 12.2. The highest BCUT2D eigenvalue weighted by molar-refractivity contribution is 5.84. The van der Waals surface area contributed by atoms with Crippen molar-refractivity contribution in [2.24, 2.45) is 22.4 Å². The summed E-state index contributed by atoms with van der Waals surface area (Å²) in [5.74, 6) is 0.888. The van der Waals surface area contributed by atoms with Gasteiger partial charge in [0.15, 0.2) is 0 Å². The molecule has 1 saturated carbocycles. The highest BCUT2D eigenvalue weighted by Gasteiger charge is 2.51. The summed E-state index contributed by atoms with van der Waals surface area (Å²) in [7, 11) is 0. The summed E-state index contributed by atoms with van der Waals surface area (Å²) in [6.07, 6.45) is 2.05. The third-order valence-electron chi connectivity index (χ3n) is 4.12. The van der Waals surface area contributed by atoms with Gasteiger partial charge in [-0.2, -0.15) is 0 Å². The van der Waals surface area contributed by atoms with Crippen LogP contribution in [0, 0.1) is 5.92 Å². The van der Waals surface area contributed by atoms with Crippen molar-refractivity contribution >= 4 is 11.7 Å². The van der Waals surface area contributed by atoms with Crippen molar-refractivity contribution in [3.63, 3.8) is 0 Å². The largest absolute Gasteiger partial charge is 0.387 e. The molecule has 1 fully saturated rings. The van der Waals surface area contributed by atoms with Gasteiger partial charge in [-0.1, -0.05) is 37.3 Å². The van der Waals surface area contributed by atoms with Crippen molar-refractivity contribution < 1.29 is 4.79 Å². The van der Waals surface area contributed by atoms with Gasteiger partial charge in [-0.3, -0.25) is 9.79 Å². The Bertz CT molecular complexity index is 512. The second-order valence-corrected chi connectivity index (χ2v) is 5.97. The summed E-state index contributed by atoms with van der Waals surface area (Å²) in [5.41, 5.74) is 12.5. The first kappa shape index (κ1) is 14.6. The lowest BCUT2D eigenvalue weighted by Gasteiger charge is -2.13. The lowest BCUT2D eigenvalue weighted by Crippen LogP contribution is -2.25. The average molecular weight is 273 g/mol.